The third-order valence-electron chi connectivity index (χ3n) is 3.11. The Labute approximate surface area is 126 Å². The Hall–Kier alpha value is -1.88. The molecule has 0 fully saturated rings. The van der Waals surface area contributed by atoms with E-state index in [4.69, 9.17) is 4.74 Å². The average molecular weight is 292 g/mol. The molecule has 0 heterocycles. The van der Waals surface area contributed by atoms with Crippen LogP contribution in [0.5, 0.6) is 0 Å². The van der Waals surface area contributed by atoms with Gasteiger partial charge in [0, 0.05) is 13.0 Å². The van der Waals surface area contributed by atoms with Gasteiger partial charge >= 0.3 is 5.97 Å². The molecule has 1 rings (SSSR count). The highest BCUT2D eigenvalue weighted by Gasteiger charge is 2.22. The smallest absolute Gasteiger partial charge is 0.315 e. The Morgan fingerprint density at radius 2 is 1.95 bits per heavy atom. The summed E-state index contributed by atoms with van der Waals surface area (Å²) in [7, 11) is 1.85. The van der Waals surface area contributed by atoms with Crippen molar-refractivity contribution < 1.29 is 14.3 Å². The van der Waals surface area contributed by atoms with Gasteiger partial charge in [0.15, 0.2) is 0 Å². The van der Waals surface area contributed by atoms with Gasteiger partial charge in [-0.2, -0.15) is 0 Å². The summed E-state index contributed by atoms with van der Waals surface area (Å²) >= 11 is 0. The van der Waals surface area contributed by atoms with E-state index in [9.17, 15) is 9.59 Å². The zero-order valence-electron chi connectivity index (χ0n) is 12.7. The highest BCUT2D eigenvalue weighted by atomic mass is 16.5. The van der Waals surface area contributed by atoms with E-state index in [0.717, 1.165) is 18.5 Å². The van der Waals surface area contributed by atoms with Crippen molar-refractivity contribution in [2.45, 2.75) is 25.7 Å². The maximum absolute atomic E-state index is 12.0. The number of hydrogen-bond donors (Lipinski definition) is 2. The predicted octanol–water partition coefficient (Wildman–Crippen LogP) is 1.45. The van der Waals surface area contributed by atoms with Crippen LogP contribution in [0.4, 0.5) is 0 Å². The number of rotatable bonds is 9. The fourth-order valence-electron chi connectivity index (χ4n) is 2.00. The monoisotopic (exact) mass is 292 g/mol. The fourth-order valence-corrected chi connectivity index (χ4v) is 2.00. The summed E-state index contributed by atoms with van der Waals surface area (Å²) in [6.07, 6.45) is 1.23. The van der Waals surface area contributed by atoms with E-state index in [0.29, 0.717) is 13.0 Å². The van der Waals surface area contributed by atoms with Gasteiger partial charge in [0.05, 0.1) is 12.5 Å². The van der Waals surface area contributed by atoms with Crippen LogP contribution >= 0.6 is 0 Å². The van der Waals surface area contributed by atoms with Crippen molar-refractivity contribution in [1.29, 1.82) is 0 Å². The lowest BCUT2D eigenvalue weighted by Gasteiger charge is -2.16. The largest absolute Gasteiger partial charge is 0.465 e. The zero-order chi connectivity index (χ0) is 15.5. The van der Waals surface area contributed by atoms with E-state index in [1.165, 1.54) is 0 Å². The van der Waals surface area contributed by atoms with Crippen molar-refractivity contribution >= 4 is 11.9 Å². The first-order valence-electron chi connectivity index (χ1n) is 7.32. The first-order chi connectivity index (χ1) is 10.2. The van der Waals surface area contributed by atoms with Gasteiger partial charge in [0.1, 0.15) is 0 Å². The summed E-state index contributed by atoms with van der Waals surface area (Å²) in [6.45, 7) is 3.17. The van der Waals surface area contributed by atoms with Crippen LogP contribution in [0.25, 0.3) is 0 Å². The summed E-state index contributed by atoms with van der Waals surface area (Å²) in [5.74, 6) is -0.811. The molecule has 1 aromatic carbocycles. The van der Waals surface area contributed by atoms with Crippen LogP contribution in [0.2, 0.25) is 0 Å². The van der Waals surface area contributed by atoms with Crippen molar-refractivity contribution in [3.05, 3.63) is 35.9 Å². The minimum Gasteiger partial charge on any atom is -0.465 e. The number of carbonyl (C=O) groups excluding carboxylic acids is 2. The third kappa shape index (κ3) is 6.40. The van der Waals surface area contributed by atoms with Crippen molar-refractivity contribution in [2.75, 3.05) is 26.7 Å². The second kappa shape index (κ2) is 9.94. The van der Waals surface area contributed by atoms with Crippen LogP contribution in [0.15, 0.2) is 30.3 Å². The van der Waals surface area contributed by atoms with Gasteiger partial charge in [-0.1, -0.05) is 30.3 Å². The number of hydrogen-bond acceptors (Lipinski definition) is 4. The highest BCUT2D eigenvalue weighted by Crippen LogP contribution is 2.16. The van der Waals surface area contributed by atoms with Crippen molar-refractivity contribution in [2.24, 2.45) is 0 Å². The minimum absolute atomic E-state index is 0.0459. The van der Waals surface area contributed by atoms with E-state index in [2.05, 4.69) is 10.6 Å². The molecule has 116 valence electrons. The number of carbonyl (C=O) groups is 2. The van der Waals surface area contributed by atoms with Crippen molar-refractivity contribution in [3.8, 4) is 0 Å². The molecular weight excluding hydrogens is 268 g/mol. The topological polar surface area (TPSA) is 67.4 Å². The quantitative estimate of drug-likeness (QED) is 0.534. The molecule has 0 aliphatic rings. The number of esters is 1. The van der Waals surface area contributed by atoms with Crippen LogP contribution < -0.4 is 10.6 Å². The molecule has 1 amide bonds. The molecule has 21 heavy (non-hydrogen) atoms. The average Bonchev–Trinajstić information content (AvgIpc) is 2.49. The molecule has 5 heteroatoms. The zero-order valence-corrected chi connectivity index (χ0v) is 12.7. The predicted molar refractivity (Wildman–Crippen MR) is 82.0 cm³/mol. The van der Waals surface area contributed by atoms with Gasteiger partial charge in [-0.05, 0) is 32.5 Å². The number of ether oxygens (including phenoxy) is 1. The molecule has 1 unspecified atom stereocenters. The van der Waals surface area contributed by atoms with Crippen molar-refractivity contribution in [3.63, 3.8) is 0 Å². The second-order valence-corrected chi connectivity index (χ2v) is 4.73. The summed E-state index contributed by atoms with van der Waals surface area (Å²) in [5, 5.41) is 5.81. The van der Waals surface area contributed by atoms with E-state index >= 15 is 0 Å². The van der Waals surface area contributed by atoms with Crippen LogP contribution in [0.1, 0.15) is 31.2 Å². The summed E-state index contributed by atoms with van der Waals surface area (Å²) in [6, 6.07) is 9.37. The number of benzene rings is 1. The lowest BCUT2D eigenvalue weighted by molar-refractivity contribution is -0.144. The van der Waals surface area contributed by atoms with E-state index in [1.54, 1.807) is 6.92 Å². The van der Waals surface area contributed by atoms with E-state index < -0.39 is 5.92 Å². The lowest BCUT2D eigenvalue weighted by atomic mass is 9.99. The van der Waals surface area contributed by atoms with Gasteiger partial charge in [-0.3, -0.25) is 9.59 Å². The standard InChI is InChI=1S/C16H24N2O3/c1-3-21-16(20)14(13-8-5-4-6-9-13)12-18-15(19)10-7-11-17-2/h4-6,8-9,14,17H,3,7,10-12H2,1-2H3,(H,18,19). The molecule has 1 atom stereocenters. The Balaban J connectivity index is 2.58. The molecule has 2 N–H and O–H groups in total. The molecule has 0 saturated heterocycles. The molecule has 1 aromatic rings. The second-order valence-electron chi connectivity index (χ2n) is 4.73. The molecule has 0 saturated carbocycles. The fraction of sp³-hybridized carbons (Fsp3) is 0.500. The molecule has 0 bridgehead atoms. The third-order valence-corrected chi connectivity index (χ3v) is 3.11. The summed E-state index contributed by atoms with van der Waals surface area (Å²) in [5.41, 5.74) is 0.853. The van der Waals surface area contributed by atoms with Gasteiger partial charge in [-0.25, -0.2) is 0 Å². The molecule has 0 radical (unpaired) electrons. The van der Waals surface area contributed by atoms with Gasteiger partial charge in [0.2, 0.25) is 5.91 Å². The SMILES string of the molecule is CCOC(=O)C(CNC(=O)CCCNC)c1ccccc1. The Morgan fingerprint density at radius 3 is 2.57 bits per heavy atom. The molecule has 0 aromatic heterocycles. The Kier molecular flexibility index (Phi) is 8.12. The summed E-state index contributed by atoms with van der Waals surface area (Å²) in [4.78, 5) is 23.8. The first-order valence-corrected chi connectivity index (χ1v) is 7.32. The molecule has 0 aliphatic heterocycles. The van der Waals surface area contributed by atoms with Gasteiger partial charge in [-0.15, -0.1) is 0 Å². The molecule has 5 nitrogen and oxygen atoms in total. The molecule has 0 aliphatic carbocycles. The lowest BCUT2D eigenvalue weighted by Crippen LogP contribution is -2.32. The highest BCUT2D eigenvalue weighted by molar-refractivity contribution is 5.81. The van der Waals surface area contributed by atoms with E-state index in [-0.39, 0.29) is 18.4 Å². The summed E-state index contributed by atoms with van der Waals surface area (Å²) < 4.78 is 5.09. The normalized spacial score (nSPS) is 11.7. The minimum atomic E-state index is -0.459. The van der Waals surface area contributed by atoms with Gasteiger partial charge in [0.25, 0.3) is 0 Å². The van der Waals surface area contributed by atoms with Crippen LogP contribution in [0.3, 0.4) is 0 Å². The number of amides is 1. The maximum Gasteiger partial charge on any atom is 0.315 e. The van der Waals surface area contributed by atoms with E-state index in [1.807, 2.05) is 37.4 Å². The van der Waals surface area contributed by atoms with Crippen LogP contribution in [0, 0.1) is 0 Å². The maximum atomic E-state index is 12.0. The van der Waals surface area contributed by atoms with Crippen LogP contribution in [-0.4, -0.2) is 38.6 Å². The molecule has 0 spiro atoms. The van der Waals surface area contributed by atoms with Gasteiger partial charge < -0.3 is 15.4 Å². The number of nitrogens with one attached hydrogen (secondary N) is 2. The molecular formula is C16H24N2O3. The van der Waals surface area contributed by atoms with Crippen molar-refractivity contribution in [1.82, 2.24) is 10.6 Å². The Morgan fingerprint density at radius 1 is 1.24 bits per heavy atom. The Bertz CT molecular complexity index is 434. The first kappa shape index (κ1) is 17.2. The van der Waals surface area contributed by atoms with Crippen LogP contribution in [-0.2, 0) is 14.3 Å².